The molecular weight excluding hydrogens is 224 g/mol. The minimum absolute atomic E-state index is 0. The molecule has 15 heavy (non-hydrogen) atoms. The van der Waals surface area contributed by atoms with Crippen LogP contribution >= 0.6 is 0 Å². The van der Waals surface area contributed by atoms with Gasteiger partial charge < -0.3 is 6.42 Å². The molecule has 1 heteroatoms. The van der Waals surface area contributed by atoms with E-state index in [1.54, 1.807) is 0 Å². The van der Waals surface area contributed by atoms with E-state index in [0.29, 0.717) is 0 Å². The summed E-state index contributed by atoms with van der Waals surface area (Å²) in [6.45, 7) is 4.00. The summed E-state index contributed by atoms with van der Waals surface area (Å²) in [5.74, 6) is 0. The Balaban J connectivity index is 0. The maximum atomic E-state index is 2.89. The summed E-state index contributed by atoms with van der Waals surface area (Å²) in [6, 6.07) is 22.5. The van der Waals surface area contributed by atoms with Crippen molar-refractivity contribution < 1.29 is 17.1 Å². The van der Waals surface area contributed by atoms with Crippen LogP contribution in [0.1, 0.15) is 13.8 Å². The molecule has 81 valence electrons. The molecule has 0 aliphatic rings. The molecule has 0 fully saturated rings. The molecule has 0 nitrogen and oxygen atoms in total. The van der Waals surface area contributed by atoms with Gasteiger partial charge in [-0.3, -0.25) is 0 Å². The van der Waals surface area contributed by atoms with Gasteiger partial charge in [-0.05, 0) is 0 Å². The van der Waals surface area contributed by atoms with Crippen LogP contribution in [-0.4, -0.2) is 0 Å². The minimum Gasteiger partial charge on any atom is -0.335 e. The molecule has 0 heterocycles. The quantitative estimate of drug-likeness (QED) is 0.480. The molecule has 1 radical (unpaired) electrons. The first kappa shape index (κ1) is 16.5. The van der Waals surface area contributed by atoms with Crippen LogP contribution in [0.5, 0.6) is 0 Å². The molecular formula is C14H17Fe. The molecule has 0 spiro atoms. The molecule has 2 aromatic carbocycles. The van der Waals surface area contributed by atoms with Crippen LogP contribution in [-0.2, 0) is 17.1 Å². The molecule has 0 aliphatic carbocycles. The summed E-state index contributed by atoms with van der Waals surface area (Å²) in [4.78, 5) is 0. The molecule has 0 unspecified atom stereocenters. The fraction of sp³-hybridized carbons (Fsp3) is 0.143. The zero-order chi connectivity index (χ0) is 10.5. The van der Waals surface area contributed by atoms with Crippen LogP contribution in [0.25, 0.3) is 0 Å². The average Bonchev–Trinajstić information content (AvgIpc) is 2.80. The van der Waals surface area contributed by atoms with Crippen LogP contribution in [0.2, 0.25) is 0 Å². The van der Waals surface area contributed by atoms with Crippen molar-refractivity contribution in [1.82, 2.24) is 0 Å². The fourth-order valence-electron chi connectivity index (χ4n) is 0.663. The van der Waals surface area contributed by atoms with Crippen molar-refractivity contribution in [3.8, 4) is 0 Å². The largest absolute Gasteiger partial charge is 3.00 e. The van der Waals surface area contributed by atoms with Crippen LogP contribution < -0.4 is 0 Å². The first-order valence-corrected chi connectivity index (χ1v) is 4.73. The Hall–Kier alpha value is -0.911. The van der Waals surface area contributed by atoms with Gasteiger partial charge in [-0.1, -0.05) is 0 Å². The zero-order valence-corrected chi connectivity index (χ0v) is 10.3. The third-order valence-electron chi connectivity index (χ3n) is 1.16. The normalized spacial score (nSPS) is 7.07. The Labute approximate surface area is 104 Å². The molecule has 0 aliphatic heterocycles. The summed E-state index contributed by atoms with van der Waals surface area (Å²) in [5, 5.41) is 0. The van der Waals surface area contributed by atoms with Gasteiger partial charge >= 0.3 is 17.1 Å². The molecule has 0 N–H and O–H groups in total. The van der Waals surface area contributed by atoms with E-state index in [1.165, 1.54) is 0 Å². The predicted molar refractivity (Wildman–Crippen MR) is 63.0 cm³/mol. The number of hydrogen-bond donors (Lipinski definition) is 0. The summed E-state index contributed by atoms with van der Waals surface area (Å²) < 4.78 is 0. The Morgan fingerprint density at radius 2 is 1.33 bits per heavy atom. The van der Waals surface area contributed by atoms with E-state index < -0.39 is 0 Å². The monoisotopic (exact) mass is 241 g/mol. The van der Waals surface area contributed by atoms with Crippen LogP contribution in [0.3, 0.4) is 0 Å². The van der Waals surface area contributed by atoms with Crippen molar-refractivity contribution >= 4 is 0 Å². The molecule has 2 aromatic rings. The molecule has 2 rings (SSSR count). The second-order valence-corrected chi connectivity index (χ2v) is 2.62. The third kappa shape index (κ3) is 15.8. The maximum Gasteiger partial charge on any atom is 3.00 e. The smallest absolute Gasteiger partial charge is 0.335 e. The Kier molecular flexibility index (Phi) is 17.1. The molecule has 0 bridgehead atoms. The SMILES string of the molecule is C[CH-]C.[Fe+3].[c-]1ccccc1.c1cc[cH-]c1. The Morgan fingerprint density at radius 3 is 1.47 bits per heavy atom. The topological polar surface area (TPSA) is 0 Å². The van der Waals surface area contributed by atoms with Crippen LogP contribution in [0, 0.1) is 12.5 Å². The van der Waals surface area contributed by atoms with E-state index in [-0.39, 0.29) is 17.1 Å². The van der Waals surface area contributed by atoms with Gasteiger partial charge in [-0.15, -0.1) is 0 Å². The first-order chi connectivity index (χ1) is 6.91. The average molecular weight is 241 g/mol. The van der Waals surface area contributed by atoms with E-state index in [2.05, 4.69) is 6.07 Å². The van der Waals surface area contributed by atoms with Crippen LogP contribution in [0.15, 0.2) is 60.7 Å². The van der Waals surface area contributed by atoms with E-state index in [4.69, 9.17) is 0 Å². The summed E-state index contributed by atoms with van der Waals surface area (Å²) in [5.41, 5.74) is 0. The number of benzene rings is 1. The van der Waals surface area contributed by atoms with E-state index in [1.807, 2.05) is 80.9 Å². The van der Waals surface area contributed by atoms with E-state index >= 15 is 0 Å². The third-order valence-corrected chi connectivity index (χ3v) is 1.16. The Bertz CT molecular complexity index is 204. The molecule has 0 amide bonds. The van der Waals surface area contributed by atoms with Gasteiger partial charge in [0, 0.05) is 0 Å². The molecule has 0 saturated carbocycles. The van der Waals surface area contributed by atoms with Crippen molar-refractivity contribution in [2.24, 2.45) is 0 Å². The van der Waals surface area contributed by atoms with Gasteiger partial charge in [-0.2, -0.15) is 68.4 Å². The van der Waals surface area contributed by atoms with Gasteiger partial charge in [0.2, 0.25) is 0 Å². The first-order valence-electron chi connectivity index (χ1n) is 4.73. The number of rotatable bonds is 0. The Morgan fingerprint density at radius 1 is 0.867 bits per heavy atom. The standard InChI is InChI=1S/C6H5.C5H5.C3H7.Fe/c1-2-4-6-5-3-1;1-2-4-5-3-1;1-3-2;/h1-5H;1-5H;3H,1-2H3;/q3*-1;+3. The van der Waals surface area contributed by atoms with Crippen molar-refractivity contribution in [1.29, 1.82) is 0 Å². The summed E-state index contributed by atoms with van der Waals surface area (Å²) in [6.07, 6.45) is 2.00. The van der Waals surface area contributed by atoms with Gasteiger partial charge in [0.05, 0.1) is 0 Å². The van der Waals surface area contributed by atoms with Gasteiger partial charge in [-0.25, -0.2) is 12.1 Å². The summed E-state index contributed by atoms with van der Waals surface area (Å²) in [7, 11) is 0. The van der Waals surface area contributed by atoms with Crippen molar-refractivity contribution in [2.45, 2.75) is 13.8 Å². The van der Waals surface area contributed by atoms with Crippen molar-refractivity contribution in [2.75, 3.05) is 0 Å². The molecule has 0 saturated heterocycles. The van der Waals surface area contributed by atoms with Gasteiger partial charge in [0.1, 0.15) is 0 Å². The molecule has 0 atom stereocenters. The predicted octanol–water partition coefficient (Wildman–Crippen LogP) is 4.12. The van der Waals surface area contributed by atoms with E-state index in [0.717, 1.165) is 0 Å². The second kappa shape index (κ2) is 15.6. The zero-order valence-electron chi connectivity index (χ0n) is 9.20. The van der Waals surface area contributed by atoms with E-state index in [9.17, 15) is 0 Å². The number of hydrogen-bond acceptors (Lipinski definition) is 0. The molecule has 0 aromatic heterocycles. The van der Waals surface area contributed by atoms with Gasteiger partial charge in [0.25, 0.3) is 0 Å². The van der Waals surface area contributed by atoms with Crippen molar-refractivity contribution in [3.05, 3.63) is 73.2 Å². The maximum absolute atomic E-state index is 2.89. The van der Waals surface area contributed by atoms with Crippen LogP contribution in [0.4, 0.5) is 0 Å². The van der Waals surface area contributed by atoms with Gasteiger partial charge in [0.15, 0.2) is 0 Å². The van der Waals surface area contributed by atoms with Crippen molar-refractivity contribution in [3.63, 3.8) is 0 Å². The summed E-state index contributed by atoms with van der Waals surface area (Å²) >= 11 is 0. The fourth-order valence-corrected chi connectivity index (χ4v) is 0.663. The minimum atomic E-state index is 0. The second-order valence-electron chi connectivity index (χ2n) is 2.62.